The molecule has 0 radical (unpaired) electrons. The van der Waals surface area contributed by atoms with Gasteiger partial charge in [0.15, 0.2) is 0 Å². The molecule has 0 saturated carbocycles. The third-order valence-electron chi connectivity index (χ3n) is 4.33. The molecule has 1 aliphatic rings. The van der Waals surface area contributed by atoms with Crippen LogP contribution in [-0.4, -0.2) is 35.3 Å². The van der Waals surface area contributed by atoms with Crippen LogP contribution in [-0.2, 0) is 7.05 Å². The Kier molecular flexibility index (Phi) is 5.03. The fraction of sp³-hybridized carbons (Fsp3) is 0.353. The summed E-state index contributed by atoms with van der Waals surface area (Å²) in [4.78, 5) is 25.9. The van der Waals surface area contributed by atoms with Crippen LogP contribution in [0.1, 0.15) is 16.8 Å². The van der Waals surface area contributed by atoms with Crippen LogP contribution in [0.5, 0.6) is 0 Å². The second kappa shape index (κ2) is 7.23. The zero-order chi connectivity index (χ0) is 18.0. The highest BCUT2D eigenvalue weighted by Crippen LogP contribution is 2.22. The molecule has 1 aromatic heterocycles. The molecule has 1 N–H and O–H groups in total. The average molecular weight is 365 g/mol. The zero-order valence-electron chi connectivity index (χ0n) is 13.7. The second-order valence-electron chi connectivity index (χ2n) is 6.11. The Balaban J connectivity index is 1.58. The standard InChI is InChI=1S/C17H18ClFN4O2/c1-22-16(24)7-13(9-21-22)23-5-4-11(10-23)8-20-17(25)14-6-12(19)2-3-15(14)18/h2-3,6-7,9,11H,4-5,8,10H2,1H3,(H,20,25)/t11-/m0/s1. The van der Waals surface area contributed by atoms with E-state index in [-0.39, 0.29) is 22.1 Å². The number of hydrogen-bond donors (Lipinski definition) is 1. The number of nitrogens with one attached hydrogen (secondary N) is 1. The van der Waals surface area contributed by atoms with Crippen LogP contribution in [0.2, 0.25) is 5.02 Å². The van der Waals surface area contributed by atoms with Crippen LogP contribution >= 0.6 is 11.6 Å². The van der Waals surface area contributed by atoms with Crippen molar-refractivity contribution in [1.82, 2.24) is 15.1 Å². The van der Waals surface area contributed by atoms with Crippen molar-refractivity contribution in [3.05, 3.63) is 57.2 Å². The Labute approximate surface area is 149 Å². The molecule has 0 aliphatic carbocycles. The molecular weight excluding hydrogens is 347 g/mol. The number of aryl methyl sites for hydroxylation is 1. The van der Waals surface area contributed by atoms with Gasteiger partial charge in [0.05, 0.1) is 22.5 Å². The number of rotatable bonds is 4. The zero-order valence-corrected chi connectivity index (χ0v) is 14.5. The molecule has 132 valence electrons. The first-order chi connectivity index (χ1) is 11.9. The summed E-state index contributed by atoms with van der Waals surface area (Å²) in [5, 5.41) is 7.05. The Bertz CT molecular complexity index is 855. The molecular formula is C17H18ClFN4O2. The number of halogens is 2. The van der Waals surface area contributed by atoms with E-state index in [9.17, 15) is 14.0 Å². The third kappa shape index (κ3) is 3.99. The highest BCUT2D eigenvalue weighted by molar-refractivity contribution is 6.33. The van der Waals surface area contributed by atoms with Crippen molar-refractivity contribution < 1.29 is 9.18 Å². The fourth-order valence-electron chi connectivity index (χ4n) is 2.87. The van der Waals surface area contributed by atoms with Gasteiger partial charge in [0.25, 0.3) is 11.5 Å². The van der Waals surface area contributed by atoms with Crippen molar-refractivity contribution >= 4 is 23.2 Å². The lowest BCUT2D eigenvalue weighted by atomic mass is 10.1. The van der Waals surface area contributed by atoms with Crippen LogP contribution in [0, 0.1) is 11.7 Å². The molecule has 3 rings (SSSR count). The topological polar surface area (TPSA) is 67.2 Å². The van der Waals surface area contributed by atoms with Crippen molar-refractivity contribution in [2.75, 3.05) is 24.5 Å². The minimum absolute atomic E-state index is 0.132. The summed E-state index contributed by atoms with van der Waals surface area (Å²) < 4.78 is 14.5. The van der Waals surface area contributed by atoms with E-state index in [4.69, 9.17) is 11.6 Å². The monoisotopic (exact) mass is 364 g/mol. The SMILES string of the molecule is Cn1ncc(N2CC[C@@H](CNC(=O)c3cc(F)ccc3Cl)C2)cc1=O. The molecule has 1 atom stereocenters. The lowest BCUT2D eigenvalue weighted by Crippen LogP contribution is -2.31. The van der Waals surface area contributed by atoms with Crippen molar-refractivity contribution in [3.63, 3.8) is 0 Å². The number of hydrogen-bond acceptors (Lipinski definition) is 4. The molecule has 8 heteroatoms. The van der Waals surface area contributed by atoms with E-state index < -0.39 is 11.7 Å². The molecule has 1 aromatic carbocycles. The summed E-state index contributed by atoms with van der Waals surface area (Å²) in [6.45, 7) is 1.96. The quantitative estimate of drug-likeness (QED) is 0.898. The van der Waals surface area contributed by atoms with Gasteiger partial charge in [0.2, 0.25) is 0 Å². The normalized spacial score (nSPS) is 16.9. The predicted molar refractivity (Wildman–Crippen MR) is 93.5 cm³/mol. The molecule has 1 aliphatic heterocycles. The van der Waals surface area contributed by atoms with Crippen LogP contribution in [0.25, 0.3) is 0 Å². The van der Waals surface area contributed by atoms with Crippen molar-refractivity contribution in [1.29, 1.82) is 0 Å². The number of nitrogens with zero attached hydrogens (tertiary/aromatic N) is 3. The Morgan fingerprint density at radius 3 is 3.00 bits per heavy atom. The third-order valence-corrected chi connectivity index (χ3v) is 4.66. The van der Waals surface area contributed by atoms with Crippen LogP contribution < -0.4 is 15.8 Å². The smallest absolute Gasteiger partial charge is 0.268 e. The Morgan fingerprint density at radius 2 is 2.24 bits per heavy atom. The first kappa shape index (κ1) is 17.4. The van der Waals surface area contributed by atoms with Gasteiger partial charge < -0.3 is 10.2 Å². The predicted octanol–water partition coefficient (Wildman–Crippen LogP) is 1.83. The van der Waals surface area contributed by atoms with E-state index >= 15 is 0 Å². The van der Waals surface area contributed by atoms with E-state index in [1.54, 1.807) is 19.3 Å². The molecule has 2 heterocycles. The molecule has 1 saturated heterocycles. The summed E-state index contributed by atoms with van der Waals surface area (Å²) in [6.07, 6.45) is 2.54. The Morgan fingerprint density at radius 1 is 1.44 bits per heavy atom. The second-order valence-corrected chi connectivity index (χ2v) is 6.52. The molecule has 1 fully saturated rings. The van der Waals surface area contributed by atoms with Gasteiger partial charge in [-0.25, -0.2) is 9.07 Å². The number of benzene rings is 1. The summed E-state index contributed by atoms with van der Waals surface area (Å²) >= 11 is 5.94. The van der Waals surface area contributed by atoms with E-state index in [0.717, 1.165) is 24.7 Å². The average Bonchev–Trinajstić information content (AvgIpc) is 3.06. The van der Waals surface area contributed by atoms with E-state index in [1.165, 1.54) is 16.8 Å². The summed E-state index contributed by atoms with van der Waals surface area (Å²) in [6, 6.07) is 5.27. The van der Waals surface area contributed by atoms with Gasteiger partial charge in [0.1, 0.15) is 5.82 Å². The largest absolute Gasteiger partial charge is 0.370 e. The van der Waals surface area contributed by atoms with E-state index in [1.807, 2.05) is 0 Å². The summed E-state index contributed by atoms with van der Waals surface area (Å²) in [5.74, 6) is -0.654. The minimum Gasteiger partial charge on any atom is -0.370 e. The van der Waals surface area contributed by atoms with Gasteiger partial charge in [-0.2, -0.15) is 5.10 Å². The van der Waals surface area contributed by atoms with Gasteiger partial charge in [-0.15, -0.1) is 0 Å². The van der Waals surface area contributed by atoms with Crippen molar-refractivity contribution in [2.24, 2.45) is 13.0 Å². The molecule has 6 nitrogen and oxygen atoms in total. The lowest BCUT2D eigenvalue weighted by Gasteiger charge is -2.18. The van der Waals surface area contributed by atoms with Crippen LogP contribution in [0.3, 0.4) is 0 Å². The maximum absolute atomic E-state index is 13.3. The molecule has 25 heavy (non-hydrogen) atoms. The van der Waals surface area contributed by atoms with Gasteiger partial charge in [0, 0.05) is 32.7 Å². The van der Waals surface area contributed by atoms with Crippen LogP contribution in [0.4, 0.5) is 10.1 Å². The maximum atomic E-state index is 13.3. The highest BCUT2D eigenvalue weighted by Gasteiger charge is 2.24. The van der Waals surface area contributed by atoms with Crippen molar-refractivity contribution in [3.8, 4) is 0 Å². The lowest BCUT2D eigenvalue weighted by molar-refractivity contribution is 0.0948. The van der Waals surface area contributed by atoms with Gasteiger partial charge in [-0.05, 0) is 30.5 Å². The van der Waals surface area contributed by atoms with E-state index in [0.29, 0.717) is 13.1 Å². The van der Waals surface area contributed by atoms with Crippen molar-refractivity contribution in [2.45, 2.75) is 6.42 Å². The highest BCUT2D eigenvalue weighted by atomic mass is 35.5. The maximum Gasteiger partial charge on any atom is 0.268 e. The van der Waals surface area contributed by atoms with Gasteiger partial charge in [-0.1, -0.05) is 11.6 Å². The molecule has 0 bridgehead atoms. The van der Waals surface area contributed by atoms with Gasteiger partial charge in [-0.3, -0.25) is 9.59 Å². The minimum atomic E-state index is -0.500. The van der Waals surface area contributed by atoms with Gasteiger partial charge >= 0.3 is 0 Å². The number of aromatic nitrogens is 2. The fourth-order valence-corrected chi connectivity index (χ4v) is 3.07. The first-order valence-electron chi connectivity index (χ1n) is 7.95. The number of amides is 1. The van der Waals surface area contributed by atoms with E-state index in [2.05, 4.69) is 15.3 Å². The molecule has 0 unspecified atom stereocenters. The number of carbonyl (C=O) groups excluding carboxylic acids is 1. The molecule has 0 spiro atoms. The number of carbonyl (C=O) groups is 1. The summed E-state index contributed by atoms with van der Waals surface area (Å²) in [7, 11) is 1.60. The van der Waals surface area contributed by atoms with Crippen LogP contribution in [0.15, 0.2) is 35.3 Å². The first-order valence-corrected chi connectivity index (χ1v) is 8.33. The molecule has 1 amide bonds. The Hall–Kier alpha value is -2.41. The number of anilines is 1. The summed E-state index contributed by atoms with van der Waals surface area (Å²) in [5.41, 5.74) is 0.757. The molecule has 2 aromatic rings.